The lowest BCUT2D eigenvalue weighted by molar-refractivity contribution is -0.120. The summed E-state index contributed by atoms with van der Waals surface area (Å²) in [6.07, 6.45) is 0.495. The second kappa shape index (κ2) is 6.27. The van der Waals surface area contributed by atoms with E-state index in [4.69, 9.17) is 10.5 Å². The summed E-state index contributed by atoms with van der Waals surface area (Å²) in [6, 6.07) is 5.51. The predicted octanol–water partition coefficient (Wildman–Crippen LogP) is 1.51. The zero-order valence-corrected chi connectivity index (χ0v) is 10.3. The third-order valence-electron chi connectivity index (χ3n) is 2.05. The molecule has 0 unspecified atom stereocenters. The SMILES string of the molecule is CNC(=O)CCSc1ccc(N)cc1OC. The van der Waals surface area contributed by atoms with Gasteiger partial charge in [-0.1, -0.05) is 0 Å². The minimum atomic E-state index is 0.0434. The van der Waals surface area contributed by atoms with Gasteiger partial charge >= 0.3 is 0 Å². The van der Waals surface area contributed by atoms with E-state index in [1.807, 2.05) is 12.1 Å². The van der Waals surface area contributed by atoms with Gasteiger partial charge in [0.2, 0.25) is 5.91 Å². The van der Waals surface area contributed by atoms with Crippen LogP contribution in [0.2, 0.25) is 0 Å². The van der Waals surface area contributed by atoms with Crippen LogP contribution in [0.5, 0.6) is 5.75 Å². The fourth-order valence-corrected chi connectivity index (χ4v) is 2.14. The molecule has 0 aromatic heterocycles. The van der Waals surface area contributed by atoms with Crippen molar-refractivity contribution in [3.05, 3.63) is 18.2 Å². The maximum atomic E-state index is 11.0. The van der Waals surface area contributed by atoms with Crippen molar-refractivity contribution >= 4 is 23.4 Å². The number of methoxy groups -OCH3 is 1. The van der Waals surface area contributed by atoms with Gasteiger partial charge in [0.25, 0.3) is 0 Å². The van der Waals surface area contributed by atoms with Crippen molar-refractivity contribution in [2.45, 2.75) is 11.3 Å². The van der Waals surface area contributed by atoms with Gasteiger partial charge in [0.1, 0.15) is 5.75 Å². The number of anilines is 1. The Bertz CT molecular complexity index is 369. The number of nitrogens with two attached hydrogens (primary N) is 1. The maximum absolute atomic E-state index is 11.0. The maximum Gasteiger partial charge on any atom is 0.220 e. The van der Waals surface area contributed by atoms with Crippen molar-refractivity contribution in [1.82, 2.24) is 5.32 Å². The standard InChI is InChI=1S/C11H16N2O2S/c1-13-11(14)5-6-16-10-4-3-8(12)7-9(10)15-2/h3-4,7H,5-6,12H2,1-2H3,(H,13,14). The Kier molecular flexibility index (Phi) is 4.98. The monoisotopic (exact) mass is 240 g/mol. The molecule has 0 fully saturated rings. The van der Waals surface area contributed by atoms with Crippen LogP contribution in [0.15, 0.2) is 23.1 Å². The second-order valence-corrected chi connectivity index (χ2v) is 4.32. The van der Waals surface area contributed by atoms with Gasteiger partial charge < -0.3 is 15.8 Å². The molecule has 0 aliphatic carbocycles. The summed E-state index contributed by atoms with van der Waals surface area (Å²) in [5, 5.41) is 2.59. The van der Waals surface area contributed by atoms with E-state index in [1.165, 1.54) is 0 Å². The molecule has 0 spiro atoms. The largest absolute Gasteiger partial charge is 0.496 e. The first kappa shape index (κ1) is 12.7. The molecule has 4 nitrogen and oxygen atoms in total. The Balaban J connectivity index is 2.56. The van der Waals surface area contributed by atoms with E-state index in [-0.39, 0.29) is 5.91 Å². The van der Waals surface area contributed by atoms with Gasteiger partial charge in [0.15, 0.2) is 0 Å². The first-order chi connectivity index (χ1) is 7.67. The van der Waals surface area contributed by atoms with Crippen molar-refractivity contribution in [1.29, 1.82) is 0 Å². The molecule has 3 N–H and O–H groups in total. The summed E-state index contributed by atoms with van der Waals surface area (Å²) in [5.41, 5.74) is 6.32. The number of amides is 1. The van der Waals surface area contributed by atoms with E-state index in [1.54, 1.807) is 32.0 Å². The van der Waals surface area contributed by atoms with Gasteiger partial charge in [-0.2, -0.15) is 0 Å². The van der Waals surface area contributed by atoms with Crippen LogP contribution >= 0.6 is 11.8 Å². The van der Waals surface area contributed by atoms with Crippen LogP contribution in [0.25, 0.3) is 0 Å². The molecule has 1 aromatic rings. The Morgan fingerprint density at radius 3 is 2.94 bits per heavy atom. The van der Waals surface area contributed by atoms with E-state index in [0.717, 1.165) is 16.4 Å². The lowest BCUT2D eigenvalue weighted by Crippen LogP contribution is -2.17. The van der Waals surface area contributed by atoms with Gasteiger partial charge in [0.05, 0.1) is 7.11 Å². The number of carbonyl (C=O) groups is 1. The molecule has 0 saturated heterocycles. The Labute approximate surface area is 99.5 Å². The number of thioether (sulfide) groups is 1. The lowest BCUT2D eigenvalue weighted by atomic mass is 10.3. The van der Waals surface area contributed by atoms with Gasteiger partial charge in [-0.25, -0.2) is 0 Å². The molecule has 0 aliphatic rings. The quantitative estimate of drug-likeness (QED) is 0.605. The number of nitrogens with one attached hydrogen (secondary N) is 1. The molecule has 0 radical (unpaired) electrons. The number of rotatable bonds is 5. The van der Waals surface area contributed by atoms with Crippen molar-refractivity contribution in [2.75, 3.05) is 25.6 Å². The smallest absolute Gasteiger partial charge is 0.220 e. The molecular weight excluding hydrogens is 224 g/mol. The molecule has 0 bridgehead atoms. The van der Waals surface area contributed by atoms with Gasteiger partial charge in [-0.3, -0.25) is 4.79 Å². The first-order valence-electron chi connectivity index (χ1n) is 4.94. The van der Waals surface area contributed by atoms with E-state index in [9.17, 15) is 4.79 Å². The summed E-state index contributed by atoms with van der Waals surface area (Å²) < 4.78 is 5.21. The molecule has 1 aromatic carbocycles. The minimum absolute atomic E-state index is 0.0434. The number of hydrogen-bond donors (Lipinski definition) is 2. The summed E-state index contributed by atoms with van der Waals surface area (Å²) in [4.78, 5) is 12.0. The highest BCUT2D eigenvalue weighted by atomic mass is 32.2. The normalized spacial score (nSPS) is 9.88. The van der Waals surface area contributed by atoms with Crippen LogP contribution in [0.4, 0.5) is 5.69 Å². The van der Waals surface area contributed by atoms with Crippen LogP contribution < -0.4 is 15.8 Å². The van der Waals surface area contributed by atoms with Gasteiger partial charge in [-0.15, -0.1) is 11.8 Å². The van der Waals surface area contributed by atoms with E-state index in [2.05, 4.69) is 5.32 Å². The fourth-order valence-electron chi connectivity index (χ4n) is 1.18. The van der Waals surface area contributed by atoms with Crippen molar-refractivity contribution in [2.24, 2.45) is 0 Å². The van der Waals surface area contributed by atoms with Crippen LogP contribution in [-0.4, -0.2) is 25.8 Å². The second-order valence-electron chi connectivity index (χ2n) is 3.18. The predicted molar refractivity (Wildman–Crippen MR) is 66.8 cm³/mol. The Hall–Kier alpha value is -1.36. The van der Waals surface area contributed by atoms with Crippen LogP contribution in [0, 0.1) is 0 Å². The van der Waals surface area contributed by atoms with Crippen molar-refractivity contribution < 1.29 is 9.53 Å². The highest BCUT2D eigenvalue weighted by molar-refractivity contribution is 7.99. The number of nitrogen functional groups attached to an aromatic ring is 1. The summed E-state index contributed by atoms with van der Waals surface area (Å²) in [6.45, 7) is 0. The Morgan fingerprint density at radius 1 is 1.56 bits per heavy atom. The van der Waals surface area contributed by atoms with Gasteiger partial charge in [-0.05, 0) is 12.1 Å². The molecule has 0 atom stereocenters. The summed E-state index contributed by atoms with van der Waals surface area (Å²) in [7, 11) is 3.24. The fraction of sp³-hybridized carbons (Fsp3) is 0.364. The number of carbonyl (C=O) groups excluding carboxylic acids is 1. The molecule has 1 rings (SSSR count). The van der Waals surface area contributed by atoms with Crippen molar-refractivity contribution in [3.8, 4) is 5.75 Å². The number of benzene rings is 1. The lowest BCUT2D eigenvalue weighted by Gasteiger charge is -2.08. The van der Waals surface area contributed by atoms with E-state index in [0.29, 0.717) is 12.1 Å². The van der Waals surface area contributed by atoms with Gasteiger partial charge in [0, 0.05) is 35.9 Å². The van der Waals surface area contributed by atoms with Crippen LogP contribution in [0.1, 0.15) is 6.42 Å². The molecule has 5 heteroatoms. The number of hydrogen-bond acceptors (Lipinski definition) is 4. The molecule has 0 heterocycles. The Morgan fingerprint density at radius 2 is 2.31 bits per heavy atom. The highest BCUT2D eigenvalue weighted by Gasteiger charge is 2.05. The van der Waals surface area contributed by atoms with Crippen molar-refractivity contribution in [3.63, 3.8) is 0 Å². The van der Waals surface area contributed by atoms with E-state index < -0.39 is 0 Å². The third-order valence-corrected chi connectivity index (χ3v) is 3.11. The topological polar surface area (TPSA) is 64.4 Å². The van der Waals surface area contributed by atoms with Crippen LogP contribution in [-0.2, 0) is 4.79 Å². The minimum Gasteiger partial charge on any atom is -0.496 e. The summed E-state index contributed by atoms with van der Waals surface area (Å²) >= 11 is 1.58. The zero-order valence-electron chi connectivity index (χ0n) is 9.45. The third kappa shape index (κ3) is 3.66. The average Bonchev–Trinajstić information content (AvgIpc) is 2.30. The zero-order chi connectivity index (χ0) is 12.0. The molecule has 0 aliphatic heterocycles. The average molecular weight is 240 g/mol. The highest BCUT2D eigenvalue weighted by Crippen LogP contribution is 2.31. The first-order valence-corrected chi connectivity index (χ1v) is 5.93. The van der Waals surface area contributed by atoms with E-state index >= 15 is 0 Å². The molecule has 0 saturated carbocycles. The molecule has 1 amide bonds. The molecular formula is C11H16N2O2S. The van der Waals surface area contributed by atoms with Crippen LogP contribution in [0.3, 0.4) is 0 Å². The molecule has 88 valence electrons. The molecule has 16 heavy (non-hydrogen) atoms. The summed E-state index contributed by atoms with van der Waals surface area (Å²) in [5.74, 6) is 1.52. The number of ether oxygens (including phenoxy) is 1.